The molecule has 56 valence electrons. The minimum atomic E-state index is -0.543. The van der Waals surface area contributed by atoms with E-state index in [2.05, 4.69) is 6.58 Å². The van der Waals surface area contributed by atoms with Gasteiger partial charge in [-0.15, -0.1) is 18.3 Å². The highest BCUT2D eigenvalue weighted by Gasteiger charge is 2.24. The Morgan fingerprint density at radius 2 is 2.70 bits per heavy atom. The van der Waals surface area contributed by atoms with Gasteiger partial charge in [0.25, 0.3) is 0 Å². The van der Waals surface area contributed by atoms with Gasteiger partial charge in [-0.1, -0.05) is 6.08 Å². The lowest BCUT2D eigenvalue weighted by Gasteiger charge is -2.20. The smallest absolute Gasteiger partial charge is 0.146 e. The van der Waals surface area contributed by atoms with Crippen LogP contribution in [0.25, 0.3) is 0 Å². The van der Waals surface area contributed by atoms with Crippen LogP contribution in [0.15, 0.2) is 24.1 Å². The van der Waals surface area contributed by atoms with Crippen molar-refractivity contribution in [3.05, 3.63) is 24.1 Å². The third-order valence-electron chi connectivity index (χ3n) is 1.23. The van der Waals surface area contributed by atoms with Gasteiger partial charge in [0.1, 0.15) is 5.72 Å². The Hall–Kier alpha value is -0.250. The van der Waals surface area contributed by atoms with E-state index in [1.54, 1.807) is 17.8 Å². The molecular formula is C7H11NOS. The molecule has 1 heterocycles. The summed E-state index contributed by atoms with van der Waals surface area (Å²) in [6, 6.07) is 0. The number of ether oxygens (including phenoxy) is 1. The topological polar surface area (TPSA) is 35.2 Å². The van der Waals surface area contributed by atoms with Gasteiger partial charge in [0, 0.05) is 5.75 Å². The van der Waals surface area contributed by atoms with Crippen molar-refractivity contribution in [2.24, 2.45) is 5.73 Å². The summed E-state index contributed by atoms with van der Waals surface area (Å²) >= 11 is 1.67. The van der Waals surface area contributed by atoms with E-state index in [0.717, 1.165) is 5.75 Å². The Kier molecular flexibility index (Phi) is 2.54. The summed E-state index contributed by atoms with van der Waals surface area (Å²) in [5.74, 6) is 0.806. The monoisotopic (exact) mass is 157 g/mol. The molecule has 0 aromatic rings. The van der Waals surface area contributed by atoms with Crippen molar-refractivity contribution >= 4 is 11.8 Å². The molecule has 2 N–H and O–H groups in total. The minimum absolute atomic E-state index is 0.515. The molecule has 0 aromatic heterocycles. The van der Waals surface area contributed by atoms with E-state index in [4.69, 9.17) is 10.5 Å². The Labute approximate surface area is 65.1 Å². The number of nitrogens with two attached hydrogens (primary N) is 1. The maximum Gasteiger partial charge on any atom is 0.146 e. The maximum absolute atomic E-state index is 5.77. The zero-order valence-corrected chi connectivity index (χ0v) is 6.56. The highest BCUT2D eigenvalue weighted by Crippen LogP contribution is 2.23. The van der Waals surface area contributed by atoms with Gasteiger partial charge < -0.3 is 4.74 Å². The molecule has 0 saturated heterocycles. The fourth-order valence-corrected chi connectivity index (χ4v) is 1.56. The van der Waals surface area contributed by atoms with Crippen LogP contribution >= 0.6 is 11.8 Å². The van der Waals surface area contributed by atoms with Gasteiger partial charge in [0.2, 0.25) is 0 Å². The first-order valence-electron chi connectivity index (χ1n) is 3.10. The maximum atomic E-state index is 5.77. The minimum Gasteiger partial charge on any atom is -0.352 e. The fourth-order valence-electron chi connectivity index (χ4n) is 0.694. The first kappa shape index (κ1) is 7.85. The van der Waals surface area contributed by atoms with E-state index >= 15 is 0 Å². The largest absolute Gasteiger partial charge is 0.352 e. The normalized spacial score (nSPS) is 30.9. The lowest BCUT2D eigenvalue weighted by molar-refractivity contribution is 0.0347. The molecule has 3 heteroatoms. The molecule has 0 amide bonds. The zero-order valence-electron chi connectivity index (χ0n) is 5.75. The van der Waals surface area contributed by atoms with Crippen LogP contribution < -0.4 is 5.73 Å². The van der Waals surface area contributed by atoms with Crippen LogP contribution in [0.3, 0.4) is 0 Å². The second-order valence-electron chi connectivity index (χ2n) is 2.17. The predicted octanol–water partition coefficient (Wildman–Crippen LogP) is 1.10. The Bertz CT molecular complexity index is 158. The molecule has 0 fully saturated rings. The predicted molar refractivity (Wildman–Crippen MR) is 44.7 cm³/mol. The third kappa shape index (κ3) is 1.87. The quantitative estimate of drug-likeness (QED) is 0.492. The lowest BCUT2D eigenvalue weighted by atomic mass is 10.3. The van der Waals surface area contributed by atoms with E-state index in [1.807, 2.05) is 11.5 Å². The first-order valence-corrected chi connectivity index (χ1v) is 4.15. The van der Waals surface area contributed by atoms with Crippen molar-refractivity contribution in [3.8, 4) is 0 Å². The van der Waals surface area contributed by atoms with Crippen molar-refractivity contribution in [2.75, 3.05) is 12.4 Å². The van der Waals surface area contributed by atoms with Gasteiger partial charge in [-0.05, 0) is 11.5 Å². The molecule has 0 spiro atoms. The van der Waals surface area contributed by atoms with E-state index < -0.39 is 5.72 Å². The molecule has 1 aliphatic rings. The van der Waals surface area contributed by atoms with Crippen molar-refractivity contribution in [1.29, 1.82) is 0 Å². The number of rotatable bonds is 3. The second kappa shape index (κ2) is 3.23. The van der Waals surface area contributed by atoms with Crippen LogP contribution in [0.2, 0.25) is 0 Å². The summed E-state index contributed by atoms with van der Waals surface area (Å²) in [6.45, 7) is 4.06. The first-order chi connectivity index (χ1) is 4.77. The van der Waals surface area contributed by atoms with E-state index in [0.29, 0.717) is 6.61 Å². The van der Waals surface area contributed by atoms with Crippen LogP contribution in [0.5, 0.6) is 0 Å². The molecule has 0 radical (unpaired) electrons. The SMILES string of the molecule is C=CCOC1(N)C=CSC1. The molecule has 1 unspecified atom stereocenters. The average Bonchev–Trinajstić information content (AvgIpc) is 2.33. The number of thioether (sulfide) groups is 1. The van der Waals surface area contributed by atoms with E-state index in [9.17, 15) is 0 Å². The molecule has 0 aromatic carbocycles. The molecule has 1 atom stereocenters. The Morgan fingerprint density at radius 1 is 1.90 bits per heavy atom. The summed E-state index contributed by atoms with van der Waals surface area (Å²) in [6.07, 6.45) is 3.58. The average molecular weight is 157 g/mol. The van der Waals surface area contributed by atoms with Crippen LogP contribution in [-0.2, 0) is 4.74 Å². The third-order valence-corrected chi connectivity index (χ3v) is 2.17. The highest BCUT2D eigenvalue weighted by atomic mass is 32.2. The highest BCUT2D eigenvalue weighted by molar-refractivity contribution is 8.02. The molecule has 10 heavy (non-hydrogen) atoms. The number of hydrogen-bond donors (Lipinski definition) is 1. The molecule has 0 bridgehead atoms. The Morgan fingerprint density at radius 3 is 3.20 bits per heavy atom. The van der Waals surface area contributed by atoms with Crippen molar-refractivity contribution in [3.63, 3.8) is 0 Å². The molecule has 1 rings (SSSR count). The summed E-state index contributed by atoms with van der Waals surface area (Å²) in [4.78, 5) is 0. The van der Waals surface area contributed by atoms with Gasteiger partial charge in [-0.2, -0.15) is 0 Å². The molecule has 0 aliphatic carbocycles. The van der Waals surface area contributed by atoms with Crippen LogP contribution in [0, 0.1) is 0 Å². The molecule has 0 saturated carbocycles. The summed E-state index contributed by atoms with van der Waals surface area (Å²) in [7, 11) is 0. The van der Waals surface area contributed by atoms with E-state index in [-0.39, 0.29) is 0 Å². The summed E-state index contributed by atoms with van der Waals surface area (Å²) in [5, 5.41) is 1.96. The lowest BCUT2D eigenvalue weighted by Crippen LogP contribution is -2.41. The fraction of sp³-hybridized carbons (Fsp3) is 0.429. The van der Waals surface area contributed by atoms with Crippen molar-refractivity contribution < 1.29 is 4.74 Å². The number of hydrogen-bond acceptors (Lipinski definition) is 3. The van der Waals surface area contributed by atoms with Crippen LogP contribution in [-0.4, -0.2) is 18.1 Å². The van der Waals surface area contributed by atoms with E-state index in [1.165, 1.54) is 0 Å². The van der Waals surface area contributed by atoms with Crippen molar-refractivity contribution in [2.45, 2.75) is 5.72 Å². The molecular weight excluding hydrogens is 146 g/mol. The van der Waals surface area contributed by atoms with Gasteiger partial charge >= 0.3 is 0 Å². The zero-order chi connectivity index (χ0) is 7.45. The van der Waals surface area contributed by atoms with Crippen LogP contribution in [0.1, 0.15) is 0 Å². The standard InChI is InChI=1S/C7H11NOS/c1-2-4-9-7(8)3-5-10-6-7/h2-3,5H,1,4,6,8H2. The summed E-state index contributed by atoms with van der Waals surface area (Å²) in [5.41, 5.74) is 5.22. The Balaban J connectivity index is 2.36. The molecule has 1 aliphatic heterocycles. The second-order valence-corrected chi connectivity index (χ2v) is 3.06. The van der Waals surface area contributed by atoms with Gasteiger partial charge in [0.15, 0.2) is 0 Å². The van der Waals surface area contributed by atoms with Gasteiger partial charge in [-0.3, -0.25) is 5.73 Å². The van der Waals surface area contributed by atoms with Crippen LogP contribution in [0.4, 0.5) is 0 Å². The summed E-state index contributed by atoms with van der Waals surface area (Å²) < 4.78 is 5.29. The van der Waals surface area contributed by atoms with Gasteiger partial charge in [-0.25, -0.2) is 0 Å². The molecule has 2 nitrogen and oxygen atoms in total. The van der Waals surface area contributed by atoms with Gasteiger partial charge in [0.05, 0.1) is 6.61 Å². The van der Waals surface area contributed by atoms with Crippen molar-refractivity contribution in [1.82, 2.24) is 0 Å².